The van der Waals surface area contributed by atoms with Gasteiger partial charge in [0.05, 0.1) is 0 Å². The lowest BCUT2D eigenvalue weighted by Gasteiger charge is -2.19. The zero-order valence-corrected chi connectivity index (χ0v) is 19.0. The van der Waals surface area contributed by atoms with Crippen LogP contribution in [-0.2, 0) is 20.9 Å². The van der Waals surface area contributed by atoms with Gasteiger partial charge in [0.25, 0.3) is 0 Å². The minimum Gasteiger partial charge on any atom is -0.444 e. The average molecular weight is 438 g/mol. The van der Waals surface area contributed by atoms with Gasteiger partial charge in [-0.3, -0.25) is 9.59 Å². The highest BCUT2D eigenvalue weighted by molar-refractivity contribution is 5.93. The fourth-order valence-electron chi connectivity index (χ4n) is 2.69. The van der Waals surface area contributed by atoms with E-state index in [4.69, 9.17) is 4.74 Å². The molecular formula is C25H31N3O4. The van der Waals surface area contributed by atoms with Crippen LogP contribution in [0.3, 0.4) is 0 Å². The van der Waals surface area contributed by atoms with Gasteiger partial charge in [0, 0.05) is 31.3 Å². The minimum absolute atomic E-state index is 0.0965. The maximum absolute atomic E-state index is 12.3. The number of ether oxygens (including phenoxy) is 1. The summed E-state index contributed by atoms with van der Waals surface area (Å²) in [6.45, 7) is 7.75. The highest BCUT2D eigenvalue weighted by Gasteiger charge is 2.16. The number of nitrogens with one attached hydrogen (secondary N) is 3. The van der Waals surface area contributed by atoms with Gasteiger partial charge in [-0.25, -0.2) is 4.79 Å². The molecule has 7 nitrogen and oxygen atoms in total. The Balaban J connectivity index is 1.82. The first-order valence-electron chi connectivity index (χ1n) is 10.5. The van der Waals surface area contributed by atoms with Crippen LogP contribution in [0.5, 0.6) is 0 Å². The molecule has 3 N–H and O–H groups in total. The Kier molecular flexibility index (Phi) is 9.01. The molecule has 0 aliphatic rings. The van der Waals surface area contributed by atoms with E-state index >= 15 is 0 Å². The van der Waals surface area contributed by atoms with Crippen molar-refractivity contribution >= 4 is 29.7 Å². The minimum atomic E-state index is -0.592. The molecule has 0 fully saturated rings. The standard InChI is InChI=1S/C25H31N3O4/c1-18-9-11-19(12-10-18)13-14-22(29)27-17-20-7-5-6-8-21(20)28-23(30)15-16-26-24(31)32-25(2,3)4/h5-14H,15-17H2,1-4H3,(H,26,31)(H,27,29)(H,28,30)/b14-13+. The average Bonchev–Trinajstić information content (AvgIpc) is 2.71. The van der Waals surface area contributed by atoms with Crippen LogP contribution in [-0.4, -0.2) is 30.1 Å². The monoisotopic (exact) mass is 437 g/mol. The summed E-state index contributed by atoms with van der Waals surface area (Å²) in [7, 11) is 0. The van der Waals surface area contributed by atoms with E-state index in [0.29, 0.717) is 5.69 Å². The SMILES string of the molecule is Cc1ccc(/C=C/C(=O)NCc2ccccc2NC(=O)CCNC(=O)OC(C)(C)C)cc1. The van der Waals surface area contributed by atoms with Crippen molar-refractivity contribution in [2.75, 3.05) is 11.9 Å². The molecule has 2 rings (SSSR count). The molecule has 0 spiro atoms. The maximum atomic E-state index is 12.3. The van der Waals surface area contributed by atoms with E-state index in [9.17, 15) is 14.4 Å². The molecule has 0 aliphatic carbocycles. The Labute approximate surface area is 189 Å². The molecule has 0 bridgehead atoms. The summed E-state index contributed by atoms with van der Waals surface area (Å²) in [5.41, 5.74) is 2.89. The second kappa shape index (κ2) is 11.7. The van der Waals surface area contributed by atoms with E-state index in [0.717, 1.165) is 16.7 Å². The number of amides is 3. The van der Waals surface area contributed by atoms with Crippen LogP contribution in [0.2, 0.25) is 0 Å². The Bertz CT molecular complexity index is 960. The molecule has 2 aromatic rings. The number of hydrogen-bond acceptors (Lipinski definition) is 4. The van der Waals surface area contributed by atoms with Gasteiger partial charge in [0.1, 0.15) is 5.60 Å². The fraction of sp³-hybridized carbons (Fsp3) is 0.320. The molecule has 0 unspecified atom stereocenters. The zero-order valence-electron chi connectivity index (χ0n) is 19.0. The summed E-state index contributed by atoms with van der Waals surface area (Å²) >= 11 is 0. The number of benzene rings is 2. The molecule has 0 heterocycles. The third-order valence-electron chi connectivity index (χ3n) is 4.27. The molecule has 2 aromatic carbocycles. The number of carbonyl (C=O) groups is 3. The first kappa shape index (κ1) is 24.7. The molecule has 32 heavy (non-hydrogen) atoms. The number of aryl methyl sites for hydroxylation is 1. The Morgan fingerprint density at radius 1 is 0.969 bits per heavy atom. The second-order valence-corrected chi connectivity index (χ2v) is 8.35. The Hall–Kier alpha value is -3.61. The summed E-state index contributed by atoms with van der Waals surface area (Å²) < 4.78 is 5.14. The van der Waals surface area contributed by atoms with Crippen LogP contribution in [0.25, 0.3) is 6.08 Å². The van der Waals surface area contributed by atoms with Gasteiger partial charge in [-0.2, -0.15) is 0 Å². The lowest BCUT2D eigenvalue weighted by atomic mass is 10.1. The fourth-order valence-corrected chi connectivity index (χ4v) is 2.69. The zero-order chi connectivity index (χ0) is 23.6. The first-order chi connectivity index (χ1) is 15.1. The molecule has 0 saturated carbocycles. The van der Waals surface area contributed by atoms with Crippen molar-refractivity contribution < 1.29 is 19.1 Å². The molecule has 0 atom stereocenters. The number of alkyl carbamates (subject to hydrolysis) is 1. The molecule has 170 valence electrons. The number of hydrogen-bond donors (Lipinski definition) is 3. The van der Waals surface area contributed by atoms with Crippen LogP contribution < -0.4 is 16.0 Å². The van der Waals surface area contributed by atoms with Crippen molar-refractivity contribution in [2.24, 2.45) is 0 Å². The predicted molar refractivity (Wildman–Crippen MR) is 126 cm³/mol. The van der Waals surface area contributed by atoms with Gasteiger partial charge in [-0.15, -0.1) is 0 Å². The van der Waals surface area contributed by atoms with Gasteiger partial charge in [0.15, 0.2) is 0 Å². The molecule has 0 aromatic heterocycles. The first-order valence-corrected chi connectivity index (χ1v) is 10.5. The molecule has 0 radical (unpaired) electrons. The van der Waals surface area contributed by atoms with Gasteiger partial charge >= 0.3 is 6.09 Å². The summed E-state index contributed by atoms with van der Waals surface area (Å²) in [6.07, 6.45) is 2.76. The van der Waals surface area contributed by atoms with Gasteiger partial charge in [0.2, 0.25) is 11.8 Å². The Morgan fingerprint density at radius 3 is 2.34 bits per heavy atom. The molecule has 7 heteroatoms. The van der Waals surface area contributed by atoms with E-state index in [1.54, 1.807) is 39.0 Å². The molecular weight excluding hydrogens is 406 g/mol. The number of anilines is 1. The van der Waals surface area contributed by atoms with Gasteiger partial charge in [-0.05, 0) is 51.0 Å². The molecule has 3 amide bonds. The third kappa shape index (κ3) is 9.47. The highest BCUT2D eigenvalue weighted by Crippen LogP contribution is 2.15. The van der Waals surface area contributed by atoms with Crippen LogP contribution in [0.4, 0.5) is 10.5 Å². The second-order valence-electron chi connectivity index (χ2n) is 8.35. The van der Waals surface area contributed by atoms with Crippen LogP contribution in [0.15, 0.2) is 54.6 Å². The van der Waals surface area contributed by atoms with Crippen LogP contribution >= 0.6 is 0 Å². The van der Waals surface area contributed by atoms with E-state index in [1.807, 2.05) is 43.3 Å². The topological polar surface area (TPSA) is 96.5 Å². The number of carbonyl (C=O) groups excluding carboxylic acids is 3. The maximum Gasteiger partial charge on any atom is 0.407 e. The van der Waals surface area contributed by atoms with E-state index in [2.05, 4.69) is 16.0 Å². The third-order valence-corrected chi connectivity index (χ3v) is 4.27. The Morgan fingerprint density at radius 2 is 1.66 bits per heavy atom. The number of para-hydroxylation sites is 1. The highest BCUT2D eigenvalue weighted by atomic mass is 16.6. The van der Waals surface area contributed by atoms with E-state index < -0.39 is 11.7 Å². The van der Waals surface area contributed by atoms with Crippen molar-refractivity contribution in [2.45, 2.75) is 46.3 Å². The lowest BCUT2D eigenvalue weighted by Crippen LogP contribution is -2.34. The van der Waals surface area contributed by atoms with Gasteiger partial charge < -0.3 is 20.7 Å². The summed E-state index contributed by atoms with van der Waals surface area (Å²) in [4.78, 5) is 36.1. The van der Waals surface area contributed by atoms with Crippen molar-refractivity contribution in [3.63, 3.8) is 0 Å². The van der Waals surface area contributed by atoms with Crippen LogP contribution in [0, 0.1) is 6.92 Å². The molecule has 0 aliphatic heterocycles. The summed E-state index contributed by atoms with van der Waals surface area (Å²) in [5.74, 6) is -0.479. The number of rotatable bonds is 8. The smallest absolute Gasteiger partial charge is 0.407 e. The summed E-state index contributed by atoms with van der Waals surface area (Å²) in [6, 6.07) is 15.1. The van der Waals surface area contributed by atoms with Crippen molar-refractivity contribution in [3.8, 4) is 0 Å². The van der Waals surface area contributed by atoms with Crippen molar-refractivity contribution in [3.05, 3.63) is 71.3 Å². The van der Waals surface area contributed by atoms with Crippen LogP contribution in [0.1, 0.15) is 43.9 Å². The summed E-state index contributed by atoms with van der Waals surface area (Å²) in [5, 5.41) is 8.20. The van der Waals surface area contributed by atoms with Gasteiger partial charge in [-0.1, -0.05) is 48.0 Å². The normalized spacial score (nSPS) is 11.1. The van der Waals surface area contributed by atoms with E-state index in [1.165, 1.54) is 6.08 Å². The van der Waals surface area contributed by atoms with Crippen molar-refractivity contribution in [1.29, 1.82) is 0 Å². The van der Waals surface area contributed by atoms with E-state index in [-0.39, 0.29) is 31.3 Å². The molecule has 0 saturated heterocycles. The predicted octanol–water partition coefficient (Wildman–Crippen LogP) is 4.18. The quantitative estimate of drug-likeness (QED) is 0.540. The largest absolute Gasteiger partial charge is 0.444 e. The van der Waals surface area contributed by atoms with Crippen molar-refractivity contribution in [1.82, 2.24) is 10.6 Å². The lowest BCUT2D eigenvalue weighted by molar-refractivity contribution is -0.117.